The van der Waals surface area contributed by atoms with Crippen LogP contribution in [0.1, 0.15) is 50.3 Å². The Labute approximate surface area is 108 Å². The van der Waals surface area contributed by atoms with Gasteiger partial charge in [-0.3, -0.25) is 0 Å². The zero-order valence-corrected chi connectivity index (χ0v) is 10.9. The normalized spacial score (nSPS) is 28.5. The molecule has 2 N–H and O–H groups in total. The molecule has 4 heteroatoms. The summed E-state index contributed by atoms with van der Waals surface area (Å²) < 4.78 is 2.32. The molecule has 1 heterocycles. The lowest BCUT2D eigenvalue weighted by molar-refractivity contribution is 0.108. The number of imidazole rings is 1. The molecule has 0 saturated heterocycles. The fourth-order valence-electron chi connectivity index (χ4n) is 2.90. The van der Waals surface area contributed by atoms with Gasteiger partial charge in [0.25, 0.3) is 0 Å². The molecule has 2 saturated carbocycles. The van der Waals surface area contributed by atoms with E-state index in [0.29, 0.717) is 6.04 Å². The summed E-state index contributed by atoms with van der Waals surface area (Å²) in [5.41, 5.74) is 1.31. The number of nitrogens with one attached hydrogen (secondary N) is 1. The van der Waals surface area contributed by atoms with Crippen molar-refractivity contribution in [3.05, 3.63) is 18.2 Å². The minimum atomic E-state index is -0.0439. The van der Waals surface area contributed by atoms with Crippen molar-refractivity contribution in [3.8, 4) is 0 Å². The first-order valence-corrected chi connectivity index (χ1v) is 7.22. The lowest BCUT2D eigenvalue weighted by atomic mass is 9.87. The highest BCUT2D eigenvalue weighted by Crippen LogP contribution is 2.35. The third kappa shape index (κ3) is 2.93. The minimum Gasteiger partial charge on any atom is -0.393 e. The number of nitrogens with zero attached hydrogens (tertiary/aromatic N) is 2. The van der Waals surface area contributed by atoms with Crippen molar-refractivity contribution in [1.29, 1.82) is 0 Å². The van der Waals surface area contributed by atoms with Crippen molar-refractivity contribution < 1.29 is 5.11 Å². The van der Waals surface area contributed by atoms with Crippen molar-refractivity contribution >= 4 is 0 Å². The summed E-state index contributed by atoms with van der Waals surface area (Å²) in [5.74, 6) is 0.741. The number of hydrogen-bond acceptors (Lipinski definition) is 3. The molecule has 0 aliphatic heterocycles. The Morgan fingerprint density at radius 1 is 1.22 bits per heavy atom. The maximum Gasteiger partial charge on any atom is 0.0951 e. The Hall–Kier alpha value is -0.870. The highest BCUT2D eigenvalue weighted by molar-refractivity contribution is 5.03. The third-order valence-electron chi connectivity index (χ3n) is 4.24. The van der Waals surface area contributed by atoms with Crippen molar-refractivity contribution in [2.24, 2.45) is 5.92 Å². The monoisotopic (exact) mass is 249 g/mol. The van der Waals surface area contributed by atoms with Crippen molar-refractivity contribution in [2.45, 2.75) is 57.2 Å². The van der Waals surface area contributed by atoms with Crippen LogP contribution in [0, 0.1) is 5.92 Å². The first-order chi connectivity index (χ1) is 8.83. The van der Waals surface area contributed by atoms with Crippen LogP contribution in [0.2, 0.25) is 0 Å². The Morgan fingerprint density at radius 3 is 2.72 bits per heavy atom. The predicted octanol–water partition coefficient (Wildman–Crippen LogP) is 1.86. The van der Waals surface area contributed by atoms with Gasteiger partial charge < -0.3 is 15.0 Å². The van der Waals surface area contributed by atoms with Gasteiger partial charge in [0.15, 0.2) is 0 Å². The highest BCUT2D eigenvalue weighted by Gasteiger charge is 2.25. The van der Waals surface area contributed by atoms with Crippen LogP contribution in [0.3, 0.4) is 0 Å². The molecular weight excluding hydrogens is 226 g/mol. The summed E-state index contributed by atoms with van der Waals surface area (Å²) in [7, 11) is 0. The molecule has 1 aromatic rings. The van der Waals surface area contributed by atoms with E-state index in [1.54, 1.807) is 0 Å². The van der Waals surface area contributed by atoms with Gasteiger partial charge in [0, 0.05) is 18.8 Å². The second kappa shape index (κ2) is 5.41. The lowest BCUT2D eigenvalue weighted by Crippen LogP contribution is -2.28. The van der Waals surface area contributed by atoms with E-state index in [0.717, 1.165) is 44.7 Å². The van der Waals surface area contributed by atoms with Gasteiger partial charge in [-0.1, -0.05) is 0 Å². The molecule has 0 radical (unpaired) electrons. The van der Waals surface area contributed by atoms with Gasteiger partial charge in [-0.2, -0.15) is 0 Å². The number of aromatic nitrogens is 2. The van der Waals surface area contributed by atoms with Crippen molar-refractivity contribution in [3.63, 3.8) is 0 Å². The van der Waals surface area contributed by atoms with Crippen LogP contribution in [-0.2, 0) is 6.54 Å². The Balaban J connectivity index is 1.42. The fourth-order valence-corrected chi connectivity index (χ4v) is 2.90. The average molecular weight is 249 g/mol. The fraction of sp³-hybridized carbons (Fsp3) is 0.786. The lowest BCUT2D eigenvalue weighted by Gasteiger charge is -2.25. The molecule has 0 unspecified atom stereocenters. The molecule has 4 nitrogen and oxygen atoms in total. The van der Waals surface area contributed by atoms with E-state index in [1.807, 2.05) is 12.5 Å². The van der Waals surface area contributed by atoms with Crippen LogP contribution in [0.4, 0.5) is 0 Å². The summed E-state index contributed by atoms with van der Waals surface area (Å²) in [5, 5.41) is 13.0. The number of rotatable bonds is 5. The molecule has 1 aromatic heterocycles. The molecule has 100 valence electrons. The van der Waals surface area contributed by atoms with E-state index < -0.39 is 0 Å². The third-order valence-corrected chi connectivity index (χ3v) is 4.24. The summed E-state index contributed by atoms with van der Waals surface area (Å²) >= 11 is 0. The molecule has 0 spiro atoms. The second-order valence-corrected chi connectivity index (χ2v) is 5.83. The van der Waals surface area contributed by atoms with Crippen molar-refractivity contribution in [2.75, 3.05) is 6.54 Å². The van der Waals surface area contributed by atoms with E-state index in [1.165, 1.54) is 18.5 Å². The van der Waals surface area contributed by atoms with E-state index in [-0.39, 0.29) is 6.10 Å². The van der Waals surface area contributed by atoms with Crippen LogP contribution in [-0.4, -0.2) is 27.3 Å². The Bertz CT molecular complexity index is 378. The van der Waals surface area contributed by atoms with Crippen LogP contribution >= 0.6 is 0 Å². The molecule has 0 atom stereocenters. The van der Waals surface area contributed by atoms with E-state index in [9.17, 15) is 5.11 Å². The van der Waals surface area contributed by atoms with E-state index in [2.05, 4.69) is 14.9 Å². The zero-order valence-electron chi connectivity index (χ0n) is 10.9. The second-order valence-electron chi connectivity index (χ2n) is 5.83. The van der Waals surface area contributed by atoms with E-state index >= 15 is 0 Å². The molecular formula is C14H23N3O. The van der Waals surface area contributed by atoms with Gasteiger partial charge >= 0.3 is 0 Å². The first kappa shape index (κ1) is 12.2. The molecule has 3 rings (SSSR count). The summed E-state index contributed by atoms with van der Waals surface area (Å²) in [6.45, 7) is 2.00. The maximum absolute atomic E-state index is 9.47. The van der Waals surface area contributed by atoms with Gasteiger partial charge in [-0.25, -0.2) is 4.98 Å². The SMILES string of the molecule is OC1CCC(CNCc2cncn2C2CC2)CC1. The first-order valence-electron chi connectivity index (χ1n) is 7.22. The van der Waals surface area contributed by atoms with E-state index in [4.69, 9.17) is 0 Å². The van der Waals surface area contributed by atoms with Crippen LogP contribution in [0.15, 0.2) is 12.5 Å². The molecule has 2 aliphatic carbocycles. The van der Waals surface area contributed by atoms with Crippen LogP contribution < -0.4 is 5.32 Å². The Kier molecular flexibility index (Phi) is 3.66. The topological polar surface area (TPSA) is 50.1 Å². The molecule has 2 fully saturated rings. The van der Waals surface area contributed by atoms with Crippen molar-refractivity contribution in [1.82, 2.24) is 14.9 Å². The molecule has 0 amide bonds. The average Bonchev–Trinajstić information content (AvgIpc) is 3.12. The Morgan fingerprint density at radius 2 is 2.00 bits per heavy atom. The predicted molar refractivity (Wildman–Crippen MR) is 70.2 cm³/mol. The summed E-state index contributed by atoms with van der Waals surface area (Å²) in [4.78, 5) is 4.25. The quantitative estimate of drug-likeness (QED) is 0.837. The standard InChI is InChI=1S/C14H23N3O/c18-14-5-1-11(2-6-14)7-15-8-13-9-16-10-17(13)12-3-4-12/h9-12,14-15,18H,1-8H2. The molecule has 18 heavy (non-hydrogen) atoms. The molecule has 0 bridgehead atoms. The van der Waals surface area contributed by atoms with Gasteiger partial charge in [0.05, 0.1) is 18.1 Å². The zero-order chi connectivity index (χ0) is 12.4. The number of hydrogen-bond donors (Lipinski definition) is 2. The van der Waals surface area contributed by atoms with Gasteiger partial charge in [-0.15, -0.1) is 0 Å². The largest absolute Gasteiger partial charge is 0.393 e. The van der Waals surface area contributed by atoms with Crippen LogP contribution in [0.25, 0.3) is 0 Å². The van der Waals surface area contributed by atoms with Gasteiger partial charge in [0.2, 0.25) is 0 Å². The van der Waals surface area contributed by atoms with Crippen LogP contribution in [0.5, 0.6) is 0 Å². The summed E-state index contributed by atoms with van der Waals surface area (Å²) in [6, 6.07) is 0.717. The number of aliphatic hydroxyl groups is 1. The minimum absolute atomic E-state index is 0.0439. The number of aliphatic hydroxyl groups excluding tert-OH is 1. The van der Waals surface area contributed by atoms with Gasteiger partial charge in [-0.05, 0) is 51.0 Å². The highest BCUT2D eigenvalue weighted by atomic mass is 16.3. The maximum atomic E-state index is 9.47. The smallest absolute Gasteiger partial charge is 0.0951 e. The van der Waals surface area contributed by atoms with Gasteiger partial charge in [0.1, 0.15) is 0 Å². The molecule has 0 aromatic carbocycles. The molecule has 2 aliphatic rings. The summed E-state index contributed by atoms with van der Waals surface area (Å²) in [6.07, 6.45) is 10.8.